The van der Waals surface area contributed by atoms with Crippen molar-refractivity contribution >= 4 is 12.0 Å². The number of aliphatic carboxylic acids is 1. The van der Waals surface area contributed by atoms with Gasteiger partial charge in [-0.3, -0.25) is 9.69 Å². The molecule has 2 heterocycles. The highest BCUT2D eigenvalue weighted by molar-refractivity contribution is 5.75. The van der Waals surface area contributed by atoms with Crippen LogP contribution >= 0.6 is 0 Å². The van der Waals surface area contributed by atoms with E-state index in [1.165, 1.54) is 0 Å². The van der Waals surface area contributed by atoms with E-state index in [4.69, 9.17) is 5.11 Å². The lowest BCUT2D eigenvalue weighted by Gasteiger charge is -2.36. The van der Waals surface area contributed by atoms with E-state index >= 15 is 0 Å². The minimum atomic E-state index is -0.803. The van der Waals surface area contributed by atoms with Crippen LogP contribution in [0.5, 0.6) is 0 Å². The maximum absolute atomic E-state index is 12.5. The van der Waals surface area contributed by atoms with Crippen molar-refractivity contribution in [2.24, 2.45) is 11.3 Å². The summed E-state index contributed by atoms with van der Waals surface area (Å²) in [5.74, 6) is -0.239. The zero-order chi connectivity index (χ0) is 15.6. The van der Waals surface area contributed by atoms with Crippen LogP contribution in [0.25, 0.3) is 0 Å². The number of piperazine rings is 1. The summed E-state index contributed by atoms with van der Waals surface area (Å²) in [6.45, 7) is 11.0. The summed E-state index contributed by atoms with van der Waals surface area (Å²) >= 11 is 0. The highest BCUT2D eigenvalue weighted by Crippen LogP contribution is 2.33. The Hall–Kier alpha value is -1.30. The molecule has 1 unspecified atom stereocenters. The molecule has 0 spiro atoms. The summed E-state index contributed by atoms with van der Waals surface area (Å²) in [5.41, 5.74) is 0.245. The number of rotatable bonds is 2. The number of hydrogen-bond donors (Lipinski definition) is 1. The lowest BCUT2D eigenvalue weighted by Crippen LogP contribution is -2.53. The summed E-state index contributed by atoms with van der Waals surface area (Å²) in [4.78, 5) is 28.9. The van der Waals surface area contributed by atoms with Crippen molar-refractivity contribution in [3.8, 4) is 0 Å². The van der Waals surface area contributed by atoms with Gasteiger partial charge in [0.15, 0.2) is 0 Å². The largest absolute Gasteiger partial charge is 0.480 e. The lowest BCUT2D eigenvalue weighted by atomic mass is 9.80. The molecule has 0 aromatic heterocycles. The van der Waals surface area contributed by atoms with Gasteiger partial charge >= 0.3 is 12.0 Å². The second-order valence-electron chi connectivity index (χ2n) is 7.24. The number of amides is 2. The predicted molar refractivity (Wildman–Crippen MR) is 80.2 cm³/mol. The standard InChI is InChI=1S/C15H27N3O3/c1-15(2,3)12-4-5-18(10-12)14(21)17-8-6-16(7-9-17)11-13(19)20/h12H,4-11H2,1-3H3,(H,19,20). The van der Waals surface area contributed by atoms with Gasteiger partial charge in [-0.2, -0.15) is 0 Å². The quantitative estimate of drug-likeness (QED) is 0.831. The minimum Gasteiger partial charge on any atom is -0.480 e. The number of likely N-dealkylation sites (tertiary alicyclic amines) is 1. The Morgan fingerprint density at radius 2 is 1.67 bits per heavy atom. The van der Waals surface area contributed by atoms with Crippen LogP contribution in [0.1, 0.15) is 27.2 Å². The van der Waals surface area contributed by atoms with E-state index in [0.717, 1.165) is 19.5 Å². The lowest BCUT2D eigenvalue weighted by molar-refractivity contribution is -0.138. The Morgan fingerprint density at radius 3 is 2.14 bits per heavy atom. The molecule has 0 aromatic carbocycles. The first-order valence-corrected chi connectivity index (χ1v) is 7.75. The van der Waals surface area contributed by atoms with Gasteiger partial charge in [0.2, 0.25) is 0 Å². The molecular weight excluding hydrogens is 270 g/mol. The van der Waals surface area contributed by atoms with Gasteiger partial charge in [-0.15, -0.1) is 0 Å². The van der Waals surface area contributed by atoms with Crippen LogP contribution in [0.2, 0.25) is 0 Å². The summed E-state index contributed by atoms with van der Waals surface area (Å²) < 4.78 is 0. The maximum atomic E-state index is 12.5. The highest BCUT2D eigenvalue weighted by atomic mass is 16.4. The molecule has 1 N–H and O–H groups in total. The molecule has 2 fully saturated rings. The van der Waals surface area contributed by atoms with Crippen molar-refractivity contribution in [3.63, 3.8) is 0 Å². The van der Waals surface area contributed by atoms with Crippen LogP contribution in [0, 0.1) is 11.3 Å². The fourth-order valence-corrected chi connectivity index (χ4v) is 3.13. The molecule has 0 radical (unpaired) electrons. The van der Waals surface area contributed by atoms with Crippen LogP contribution in [0.3, 0.4) is 0 Å². The molecule has 2 amide bonds. The minimum absolute atomic E-state index is 0.0673. The third-order valence-electron chi connectivity index (χ3n) is 4.69. The number of carboxylic acids is 1. The number of hydrogen-bond acceptors (Lipinski definition) is 3. The summed E-state index contributed by atoms with van der Waals surface area (Å²) in [6, 6.07) is 0.122. The van der Waals surface area contributed by atoms with Gasteiger partial charge in [0, 0.05) is 39.3 Å². The molecular formula is C15H27N3O3. The van der Waals surface area contributed by atoms with E-state index < -0.39 is 5.97 Å². The molecule has 2 aliphatic heterocycles. The normalized spacial score (nSPS) is 24.4. The van der Waals surface area contributed by atoms with E-state index in [2.05, 4.69) is 20.8 Å². The number of nitrogens with zero attached hydrogens (tertiary/aromatic N) is 3. The highest BCUT2D eigenvalue weighted by Gasteiger charge is 2.36. The third-order valence-corrected chi connectivity index (χ3v) is 4.69. The smallest absolute Gasteiger partial charge is 0.320 e. The van der Waals surface area contributed by atoms with Crippen molar-refractivity contribution in [1.29, 1.82) is 0 Å². The molecule has 0 aliphatic carbocycles. The maximum Gasteiger partial charge on any atom is 0.320 e. The van der Waals surface area contributed by atoms with Crippen molar-refractivity contribution < 1.29 is 14.7 Å². The Balaban J connectivity index is 1.82. The van der Waals surface area contributed by atoms with Gasteiger partial charge in [-0.1, -0.05) is 20.8 Å². The van der Waals surface area contributed by atoms with Crippen molar-refractivity contribution in [2.75, 3.05) is 45.8 Å². The van der Waals surface area contributed by atoms with Crippen molar-refractivity contribution in [3.05, 3.63) is 0 Å². The molecule has 0 aromatic rings. The van der Waals surface area contributed by atoms with Gasteiger partial charge in [-0.25, -0.2) is 4.79 Å². The van der Waals surface area contributed by atoms with Crippen molar-refractivity contribution in [2.45, 2.75) is 27.2 Å². The SMILES string of the molecule is CC(C)(C)C1CCN(C(=O)N2CCN(CC(=O)O)CC2)C1. The van der Waals surface area contributed by atoms with Crippen molar-refractivity contribution in [1.82, 2.24) is 14.7 Å². The molecule has 1 atom stereocenters. The summed E-state index contributed by atoms with van der Waals surface area (Å²) in [7, 11) is 0. The first-order chi connectivity index (χ1) is 9.77. The number of carbonyl (C=O) groups is 2. The molecule has 21 heavy (non-hydrogen) atoms. The number of carboxylic acid groups (broad SMARTS) is 1. The molecule has 6 nitrogen and oxygen atoms in total. The average molecular weight is 297 g/mol. The van der Waals surface area contributed by atoms with Crippen LogP contribution in [-0.4, -0.2) is 77.6 Å². The number of urea groups is 1. The van der Waals surface area contributed by atoms with E-state index in [1.807, 2.05) is 14.7 Å². The fraction of sp³-hybridized carbons (Fsp3) is 0.867. The fourth-order valence-electron chi connectivity index (χ4n) is 3.13. The topological polar surface area (TPSA) is 64.1 Å². The molecule has 120 valence electrons. The van der Waals surface area contributed by atoms with E-state index in [0.29, 0.717) is 32.1 Å². The Labute approximate surface area is 126 Å². The Kier molecular flexibility index (Phi) is 4.76. The zero-order valence-electron chi connectivity index (χ0n) is 13.3. The van der Waals surface area contributed by atoms with Crippen LogP contribution in [0.15, 0.2) is 0 Å². The molecule has 0 saturated carbocycles. The zero-order valence-corrected chi connectivity index (χ0v) is 13.3. The first-order valence-electron chi connectivity index (χ1n) is 7.75. The second-order valence-corrected chi connectivity index (χ2v) is 7.24. The Bertz CT molecular complexity index is 397. The van der Waals surface area contributed by atoms with Gasteiger partial charge in [0.1, 0.15) is 0 Å². The van der Waals surface area contributed by atoms with E-state index in [9.17, 15) is 9.59 Å². The van der Waals surface area contributed by atoms with E-state index in [1.54, 1.807) is 0 Å². The monoisotopic (exact) mass is 297 g/mol. The molecule has 0 bridgehead atoms. The van der Waals surface area contributed by atoms with Crippen LogP contribution < -0.4 is 0 Å². The second kappa shape index (κ2) is 6.22. The van der Waals surface area contributed by atoms with Gasteiger partial charge < -0.3 is 14.9 Å². The van der Waals surface area contributed by atoms with Gasteiger partial charge in [0.25, 0.3) is 0 Å². The molecule has 2 aliphatic rings. The van der Waals surface area contributed by atoms with Gasteiger partial charge in [-0.05, 0) is 17.8 Å². The average Bonchev–Trinajstić information content (AvgIpc) is 2.87. The van der Waals surface area contributed by atoms with Crippen LogP contribution in [-0.2, 0) is 4.79 Å². The third kappa shape index (κ3) is 4.09. The number of carbonyl (C=O) groups excluding carboxylic acids is 1. The van der Waals surface area contributed by atoms with E-state index in [-0.39, 0.29) is 18.0 Å². The predicted octanol–water partition coefficient (Wildman–Crippen LogP) is 1.18. The summed E-state index contributed by atoms with van der Waals surface area (Å²) in [6.07, 6.45) is 1.08. The van der Waals surface area contributed by atoms with Gasteiger partial charge in [0.05, 0.1) is 6.54 Å². The molecule has 2 rings (SSSR count). The summed E-state index contributed by atoms with van der Waals surface area (Å²) in [5, 5.41) is 8.79. The molecule has 6 heteroatoms. The first kappa shape index (κ1) is 16.1. The Morgan fingerprint density at radius 1 is 1.05 bits per heavy atom. The van der Waals surface area contributed by atoms with Crippen LogP contribution in [0.4, 0.5) is 4.79 Å². The molecule has 2 saturated heterocycles.